The van der Waals surface area contributed by atoms with Crippen LogP contribution in [-0.2, 0) is 9.53 Å². The van der Waals surface area contributed by atoms with Gasteiger partial charge >= 0.3 is 5.97 Å². The van der Waals surface area contributed by atoms with E-state index in [2.05, 4.69) is 10.1 Å². The molecule has 0 bridgehead atoms. The minimum Gasteiger partial charge on any atom is -0.469 e. The molecule has 0 fully saturated rings. The first-order chi connectivity index (χ1) is 8.38. The van der Waals surface area contributed by atoms with E-state index in [9.17, 15) is 18.0 Å². The highest BCUT2D eigenvalue weighted by molar-refractivity contribution is 5.73. The van der Waals surface area contributed by atoms with Crippen LogP contribution in [0.4, 0.5) is 18.9 Å². The van der Waals surface area contributed by atoms with E-state index >= 15 is 0 Å². The molecule has 100 valence electrons. The van der Waals surface area contributed by atoms with Gasteiger partial charge in [-0.1, -0.05) is 0 Å². The van der Waals surface area contributed by atoms with Gasteiger partial charge in [0.2, 0.25) is 0 Å². The second kappa shape index (κ2) is 5.75. The standard InChI is InChI=1S/C12H14F3NO2/c1-6(12(17)18-3)7(2)16-9-5-4-8(13)10(14)11(9)15/h4-7,16H,1-3H3. The predicted molar refractivity (Wildman–Crippen MR) is 60.6 cm³/mol. The maximum atomic E-state index is 13.4. The fourth-order valence-corrected chi connectivity index (χ4v) is 1.40. The van der Waals surface area contributed by atoms with Gasteiger partial charge in [0.15, 0.2) is 17.5 Å². The number of hydrogen-bond donors (Lipinski definition) is 1. The molecule has 0 saturated carbocycles. The van der Waals surface area contributed by atoms with Crippen LogP contribution in [0.25, 0.3) is 0 Å². The molecule has 1 N–H and O–H groups in total. The topological polar surface area (TPSA) is 38.3 Å². The van der Waals surface area contributed by atoms with Gasteiger partial charge in [-0.05, 0) is 26.0 Å². The normalized spacial score (nSPS) is 13.9. The van der Waals surface area contributed by atoms with Crippen molar-refractivity contribution in [1.82, 2.24) is 0 Å². The highest BCUT2D eigenvalue weighted by Gasteiger charge is 2.22. The number of nitrogens with one attached hydrogen (secondary N) is 1. The van der Waals surface area contributed by atoms with Crippen molar-refractivity contribution in [1.29, 1.82) is 0 Å². The number of anilines is 1. The van der Waals surface area contributed by atoms with Crippen molar-refractivity contribution >= 4 is 11.7 Å². The van der Waals surface area contributed by atoms with Crippen LogP contribution in [0.15, 0.2) is 12.1 Å². The molecule has 0 spiro atoms. The number of carbonyl (C=O) groups is 1. The minimum atomic E-state index is -1.54. The van der Waals surface area contributed by atoms with Crippen molar-refractivity contribution in [2.75, 3.05) is 12.4 Å². The fraction of sp³-hybridized carbons (Fsp3) is 0.417. The molecule has 3 nitrogen and oxygen atoms in total. The van der Waals surface area contributed by atoms with Gasteiger partial charge in [0.05, 0.1) is 18.7 Å². The van der Waals surface area contributed by atoms with Gasteiger partial charge in [0.25, 0.3) is 0 Å². The van der Waals surface area contributed by atoms with E-state index < -0.39 is 35.4 Å². The highest BCUT2D eigenvalue weighted by atomic mass is 19.2. The summed E-state index contributed by atoms with van der Waals surface area (Å²) in [5, 5.41) is 2.61. The van der Waals surface area contributed by atoms with Crippen molar-refractivity contribution in [3.05, 3.63) is 29.6 Å². The number of rotatable bonds is 4. The Morgan fingerprint density at radius 2 is 1.83 bits per heavy atom. The summed E-state index contributed by atoms with van der Waals surface area (Å²) in [4.78, 5) is 11.3. The molecule has 0 aliphatic rings. The summed E-state index contributed by atoms with van der Waals surface area (Å²) in [7, 11) is 1.24. The third-order valence-corrected chi connectivity index (χ3v) is 2.74. The smallest absolute Gasteiger partial charge is 0.310 e. The van der Waals surface area contributed by atoms with Gasteiger partial charge in [-0.2, -0.15) is 0 Å². The van der Waals surface area contributed by atoms with Crippen LogP contribution in [0.5, 0.6) is 0 Å². The highest BCUT2D eigenvalue weighted by Crippen LogP contribution is 2.21. The van der Waals surface area contributed by atoms with Crippen LogP contribution < -0.4 is 5.32 Å². The molecule has 0 radical (unpaired) electrons. The summed E-state index contributed by atoms with van der Waals surface area (Å²) in [5.74, 6) is -5.14. The molecule has 1 rings (SSSR count). The summed E-state index contributed by atoms with van der Waals surface area (Å²) in [6.07, 6.45) is 0. The third kappa shape index (κ3) is 2.94. The van der Waals surface area contributed by atoms with Crippen molar-refractivity contribution < 1.29 is 22.7 Å². The lowest BCUT2D eigenvalue weighted by Crippen LogP contribution is -2.31. The Balaban J connectivity index is 2.85. The van der Waals surface area contributed by atoms with Crippen LogP contribution in [0.2, 0.25) is 0 Å². The number of ether oxygens (including phenoxy) is 1. The lowest BCUT2D eigenvalue weighted by molar-refractivity contribution is -0.145. The number of benzene rings is 1. The molecule has 0 aliphatic heterocycles. The van der Waals surface area contributed by atoms with Crippen molar-refractivity contribution in [3.63, 3.8) is 0 Å². The van der Waals surface area contributed by atoms with E-state index in [4.69, 9.17) is 0 Å². The summed E-state index contributed by atoms with van der Waals surface area (Å²) in [6, 6.07) is 1.40. The van der Waals surface area contributed by atoms with E-state index in [1.54, 1.807) is 13.8 Å². The molecule has 18 heavy (non-hydrogen) atoms. The zero-order valence-electron chi connectivity index (χ0n) is 10.3. The zero-order valence-corrected chi connectivity index (χ0v) is 10.3. The Labute approximate surface area is 103 Å². The Kier molecular flexibility index (Phi) is 4.58. The summed E-state index contributed by atoms with van der Waals surface area (Å²) < 4.78 is 43.6. The van der Waals surface area contributed by atoms with Crippen LogP contribution in [-0.4, -0.2) is 19.1 Å². The van der Waals surface area contributed by atoms with E-state index in [0.717, 1.165) is 12.1 Å². The summed E-state index contributed by atoms with van der Waals surface area (Å²) >= 11 is 0. The van der Waals surface area contributed by atoms with Crippen LogP contribution >= 0.6 is 0 Å². The molecular formula is C12H14F3NO2. The Bertz CT molecular complexity index is 451. The molecule has 2 unspecified atom stereocenters. The second-order valence-corrected chi connectivity index (χ2v) is 3.97. The first-order valence-corrected chi connectivity index (χ1v) is 5.36. The largest absolute Gasteiger partial charge is 0.469 e. The summed E-state index contributed by atoms with van der Waals surface area (Å²) in [6.45, 7) is 3.20. The average Bonchev–Trinajstić information content (AvgIpc) is 2.37. The van der Waals surface area contributed by atoms with Gasteiger partial charge < -0.3 is 10.1 Å². The lowest BCUT2D eigenvalue weighted by Gasteiger charge is -2.20. The molecule has 2 atom stereocenters. The Morgan fingerprint density at radius 1 is 1.22 bits per heavy atom. The number of halogens is 3. The molecule has 0 saturated heterocycles. The first kappa shape index (κ1) is 14.3. The number of carbonyl (C=O) groups excluding carboxylic acids is 1. The van der Waals surface area contributed by atoms with Crippen molar-refractivity contribution in [2.24, 2.45) is 5.92 Å². The molecule has 0 aromatic heterocycles. The molecular weight excluding hydrogens is 247 g/mol. The van der Waals surface area contributed by atoms with E-state index in [1.807, 2.05) is 0 Å². The minimum absolute atomic E-state index is 0.197. The summed E-state index contributed by atoms with van der Waals surface area (Å²) in [5.41, 5.74) is -0.197. The quantitative estimate of drug-likeness (QED) is 0.669. The van der Waals surface area contributed by atoms with E-state index in [1.165, 1.54) is 7.11 Å². The van der Waals surface area contributed by atoms with Crippen LogP contribution in [0.3, 0.4) is 0 Å². The second-order valence-electron chi connectivity index (χ2n) is 3.97. The van der Waals surface area contributed by atoms with Gasteiger partial charge in [0.1, 0.15) is 0 Å². The maximum absolute atomic E-state index is 13.4. The van der Waals surface area contributed by atoms with Crippen LogP contribution in [0, 0.1) is 23.4 Å². The molecule has 0 aliphatic carbocycles. The third-order valence-electron chi connectivity index (χ3n) is 2.74. The first-order valence-electron chi connectivity index (χ1n) is 5.36. The average molecular weight is 261 g/mol. The number of hydrogen-bond acceptors (Lipinski definition) is 3. The van der Waals surface area contributed by atoms with Gasteiger partial charge in [-0.3, -0.25) is 4.79 Å². The van der Waals surface area contributed by atoms with Gasteiger partial charge in [-0.25, -0.2) is 13.2 Å². The Morgan fingerprint density at radius 3 is 2.39 bits per heavy atom. The van der Waals surface area contributed by atoms with Crippen molar-refractivity contribution in [3.8, 4) is 0 Å². The molecule has 0 heterocycles. The van der Waals surface area contributed by atoms with E-state index in [0.29, 0.717) is 0 Å². The van der Waals surface area contributed by atoms with E-state index in [-0.39, 0.29) is 5.69 Å². The number of esters is 1. The van der Waals surface area contributed by atoms with Gasteiger partial charge in [0, 0.05) is 6.04 Å². The van der Waals surface area contributed by atoms with Crippen LogP contribution in [0.1, 0.15) is 13.8 Å². The molecule has 0 amide bonds. The van der Waals surface area contributed by atoms with Crippen molar-refractivity contribution in [2.45, 2.75) is 19.9 Å². The SMILES string of the molecule is COC(=O)C(C)C(C)Nc1ccc(F)c(F)c1F. The lowest BCUT2D eigenvalue weighted by atomic mass is 10.0. The maximum Gasteiger partial charge on any atom is 0.310 e. The molecule has 1 aromatic carbocycles. The monoisotopic (exact) mass is 261 g/mol. The zero-order chi connectivity index (χ0) is 13.9. The van der Waals surface area contributed by atoms with Gasteiger partial charge in [-0.15, -0.1) is 0 Å². The Hall–Kier alpha value is -1.72. The number of methoxy groups -OCH3 is 1. The molecule has 6 heteroatoms. The fourth-order valence-electron chi connectivity index (χ4n) is 1.40. The molecule has 1 aromatic rings. The predicted octanol–water partition coefficient (Wildman–Crippen LogP) is 2.71.